The molecule has 0 heterocycles. The molecular weight excluding hydrogens is 421 g/mol. The highest BCUT2D eigenvalue weighted by atomic mass is 19.1. The predicted octanol–water partition coefficient (Wildman–Crippen LogP) is 1.47. The van der Waals surface area contributed by atoms with E-state index in [4.69, 9.17) is 9.47 Å². The van der Waals surface area contributed by atoms with E-state index in [1.807, 2.05) is 0 Å². The van der Waals surface area contributed by atoms with Gasteiger partial charge in [-0.1, -0.05) is 12.2 Å². The van der Waals surface area contributed by atoms with Gasteiger partial charge >= 0.3 is 5.97 Å². The maximum atomic E-state index is 12.9. The Morgan fingerprint density at radius 2 is 1.88 bits per heavy atom. The molecule has 9 heteroatoms. The van der Waals surface area contributed by atoms with Crippen molar-refractivity contribution in [2.75, 3.05) is 6.61 Å². The second-order valence-electron chi connectivity index (χ2n) is 8.13. The zero-order valence-electron chi connectivity index (χ0n) is 18.3. The zero-order chi connectivity index (χ0) is 23.7. The summed E-state index contributed by atoms with van der Waals surface area (Å²) < 4.78 is 23.3. The minimum Gasteiger partial charge on any atom is -0.490 e. The van der Waals surface area contributed by atoms with Crippen LogP contribution >= 0.6 is 0 Å². The van der Waals surface area contributed by atoms with Crippen molar-refractivity contribution in [3.63, 3.8) is 0 Å². The van der Waals surface area contributed by atoms with E-state index >= 15 is 0 Å². The van der Waals surface area contributed by atoms with E-state index in [-0.39, 0.29) is 31.5 Å². The Morgan fingerprint density at radius 1 is 1.19 bits per heavy atom. The number of aliphatic hydroxyl groups is 3. The van der Waals surface area contributed by atoms with Gasteiger partial charge in [-0.05, 0) is 51.0 Å². The molecule has 4 N–H and O–H groups in total. The lowest BCUT2D eigenvalue weighted by atomic mass is 9.96. The van der Waals surface area contributed by atoms with Gasteiger partial charge in [-0.25, -0.2) is 4.39 Å². The molecule has 1 aliphatic carbocycles. The number of carbonyl (C=O) groups excluding carboxylic acids is 2. The van der Waals surface area contributed by atoms with E-state index in [1.54, 1.807) is 26.0 Å². The topological polar surface area (TPSA) is 125 Å². The first kappa shape index (κ1) is 25.8. The van der Waals surface area contributed by atoms with Crippen LogP contribution in [0.3, 0.4) is 0 Å². The van der Waals surface area contributed by atoms with Crippen LogP contribution in [-0.4, -0.2) is 64.3 Å². The standard InChI is InChI=1S/C23H32FNO7/c1-14(2)32-21(29)7-5-3-4-6-17-18(26)12-19(27)22(17)25-23(30)20(28)13-31-16-10-8-15(24)9-11-16/h3-4,8-11,14,17-20,22,26-28H,5-7,12-13H2,1-2H3,(H,25,30)/b4-3-/t17-,18-,19+,20+,22+/m0/s1. The summed E-state index contributed by atoms with van der Waals surface area (Å²) in [6.07, 6.45) is 1.34. The number of esters is 1. The smallest absolute Gasteiger partial charge is 0.306 e. The van der Waals surface area contributed by atoms with Gasteiger partial charge in [0, 0.05) is 18.8 Å². The van der Waals surface area contributed by atoms with Gasteiger partial charge < -0.3 is 30.1 Å². The van der Waals surface area contributed by atoms with Crippen LogP contribution in [0.5, 0.6) is 5.75 Å². The lowest BCUT2D eigenvalue weighted by Gasteiger charge is -2.25. The van der Waals surface area contributed by atoms with Gasteiger partial charge in [-0.3, -0.25) is 9.59 Å². The molecule has 178 valence electrons. The number of hydrogen-bond donors (Lipinski definition) is 4. The summed E-state index contributed by atoms with van der Waals surface area (Å²) in [5, 5.41) is 33.2. The first-order valence-corrected chi connectivity index (χ1v) is 10.7. The van der Waals surface area contributed by atoms with Crippen molar-refractivity contribution in [1.82, 2.24) is 5.32 Å². The molecule has 1 amide bonds. The van der Waals surface area contributed by atoms with E-state index in [0.29, 0.717) is 18.6 Å². The summed E-state index contributed by atoms with van der Waals surface area (Å²) in [6, 6.07) is 4.41. The normalized spacial score (nSPS) is 24.0. The van der Waals surface area contributed by atoms with Crippen molar-refractivity contribution in [2.24, 2.45) is 5.92 Å². The molecule has 0 saturated heterocycles. The molecule has 32 heavy (non-hydrogen) atoms. The van der Waals surface area contributed by atoms with Gasteiger partial charge in [-0.2, -0.15) is 0 Å². The molecule has 0 aromatic heterocycles. The molecule has 0 spiro atoms. The highest BCUT2D eigenvalue weighted by molar-refractivity contribution is 5.81. The molecule has 1 aromatic carbocycles. The Balaban J connectivity index is 1.82. The summed E-state index contributed by atoms with van der Waals surface area (Å²) in [6.45, 7) is 3.21. The summed E-state index contributed by atoms with van der Waals surface area (Å²) in [7, 11) is 0. The molecule has 1 aromatic rings. The quantitative estimate of drug-likeness (QED) is 0.295. The van der Waals surface area contributed by atoms with Crippen LogP contribution in [0.2, 0.25) is 0 Å². The number of benzene rings is 1. The Morgan fingerprint density at radius 3 is 2.53 bits per heavy atom. The molecule has 1 aliphatic rings. The highest BCUT2D eigenvalue weighted by Crippen LogP contribution is 2.30. The second-order valence-corrected chi connectivity index (χ2v) is 8.13. The van der Waals surface area contributed by atoms with E-state index in [1.165, 1.54) is 24.3 Å². The van der Waals surface area contributed by atoms with E-state index in [0.717, 1.165) is 0 Å². The van der Waals surface area contributed by atoms with Crippen molar-refractivity contribution in [3.8, 4) is 5.75 Å². The molecule has 0 radical (unpaired) electrons. The number of allylic oxidation sites excluding steroid dienone is 2. The maximum Gasteiger partial charge on any atom is 0.306 e. The Hall–Kier alpha value is -2.49. The number of hydrogen-bond acceptors (Lipinski definition) is 7. The fraction of sp³-hybridized carbons (Fsp3) is 0.565. The summed E-state index contributed by atoms with van der Waals surface area (Å²) in [5.41, 5.74) is 0. The van der Waals surface area contributed by atoms with E-state index < -0.39 is 42.0 Å². The molecule has 8 nitrogen and oxygen atoms in total. The minimum atomic E-state index is -1.51. The van der Waals surface area contributed by atoms with Gasteiger partial charge in [-0.15, -0.1) is 0 Å². The number of nitrogens with one attached hydrogen (secondary N) is 1. The number of halogens is 1. The third-order valence-electron chi connectivity index (χ3n) is 5.14. The molecule has 0 bridgehead atoms. The minimum absolute atomic E-state index is 0.104. The van der Waals surface area contributed by atoms with Gasteiger partial charge in [0.2, 0.25) is 0 Å². The largest absolute Gasteiger partial charge is 0.490 e. The van der Waals surface area contributed by atoms with Crippen molar-refractivity contribution in [2.45, 2.75) is 70.0 Å². The van der Waals surface area contributed by atoms with Crippen LogP contribution in [0.15, 0.2) is 36.4 Å². The molecule has 1 saturated carbocycles. The highest BCUT2D eigenvalue weighted by Gasteiger charge is 2.42. The van der Waals surface area contributed by atoms with E-state index in [2.05, 4.69) is 5.32 Å². The lowest BCUT2D eigenvalue weighted by molar-refractivity contribution is -0.147. The lowest BCUT2D eigenvalue weighted by Crippen LogP contribution is -2.49. The van der Waals surface area contributed by atoms with Gasteiger partial charge in [0.05, 0.1) is 24.4 Å². The fourth-order valence-corrected chi connectivity index (χ4v) is 3.54. The molecule has 2 rings (SSSR count). The average Bonchev–Trinajstić information content (AvgIpc) is 2.99. The van der Waals surface area contributed by atoms with Crippen LogP contribution in [0, 0.1) is 11.7 Å². The molecule has 0 aliphatic heterocycles. The third-order valence-corrected chi connectivity index (χ3v) is 5.14. The fourth-order valence-electron chi connectivity index (χ4n) is 3.54. The first-order chi connectivity index (χ1) is 15.2. The summed E-state index contributed by atoms with van der Waals surface area (Å²) >= 11 is 0. The third kappa shape index (κ3) is 8.22. The number of aliphatic hydroxyl groups excluding tert-OH is 3. The Kier molecular flexibility index (Phi) is 10.1. The van der Waals surface area contributed by atoms with Crippen LogP contribution in [0.1, 0.15) is 39.5 Å². The van der Waals surface area contributed by atoms with E-state index in [9.17, 15) is 29.3 Å². The van der Waals surface area contributed by atoms with Crippen molar-refractivity contribution in [1.29, 1.82) is 0 Å². The van der Waals surface area contributed by atoms with Crippen LogP contribution in [-0.2, 0) is 14.3 Å². The SMILES string of the molecule is CC(C)OC(=O)CC/C=C\C[C@@H]1[C@@H](NC(=O)[C@H](O)COc2ccc(F)cc2)[C@H](O)C[C@@H]1O. The monoisotopic (exact) mass is 453 g/mol. The first-order valence-electron chi connectivity index (χ1n) is 10.7. The van der Waals surface area contributed by atoms with Crippen molar-refractivity contribution < 1.29 is 38.8 Å². The van der Waals surface area contributed by atoms with Crippen molar-refractivity contribution in [3.05, 3.63) is 42.2 Å². The van der Waals surface area contributed by atoms with Crippen LogP contribution < -0.4 is 10.1 Å². The summed E-state index contributed by atoms with van der Waals surface area (Å²) in [5.74, 6) is -1.61. The number of amides is 1. The Bertz CT molecular complexity index is 768. The number of rotatable bonds is 11. The van der Waals surface area contributed by atoms with Crippen molar-refractivity contribution >= 4 is 11.9 Å². The number of ether oxygens (including phenoxy) is 2. The maximum absolute atomic E-state index is 12.9. The zero-order valence-corrected chi connectivity index (χ0v) is 18.3. The Labute approximate surface area is 187 Å². The number of carbonyl (C=O) groups is 2. The predicted molar refractivity (Wildman–Crippen MR) is 114 cm³/mol. The van der Waals surface area contributed by atoms with Gasteiger partial charge in [0.15, 0.2) is 6.10 Å². The van der Waals surface area contributed by atoms with Gasteiger partial charge in [0.1, 0.15) is 18.2 Å². The molecule has 5 atom stereocenters. The van der Waals surface area contributed by atoms with Gasteiger partial charge in [0.25, 0.3) is 5.91 Å². The van der Waals surface area contributed by atoms with Crippen LogP contribution in [0.4, 0.5) is 4.39 Å². The molecular formula is C23H32FNO7. The van der Waals surface area contributed by atoms with Crippen LogP contribution in [0.25, 0.3) is 0 Å². The summed E-state index contributed by atoms with van der Waals surface area (Å²) in [4.78, 5) is 23.9. The average molecular weight is 454 g/mol. The second kappa shape index (κ2) is 12.5. The molecule has 0 unspecified atom stereocenters. The molecule has 1 fully saturated rings.